The number of hydrogen-bond acceptors (Lipinski definition) is 7. The number of carbonyl (C=O) groups excluding carboxylic acids is 1. The van der Waals surface area contributed by atoms with Gasteiger partial charge in [0, 0.05) is 17.3 Å². The average Bonchev–Trinajstić information content (AvgIpc) is 3.42. The maximum atomic E-state index is 13.2. The smallest absolute Gasteiger partial charge is 0.234 e. The Balaban J connectivity index is 1.76. The number of carbonyl (C=O) groups is 1. The van der Waals surface area contributed by atoms with Crippen molar-refractivity contribution in [2.24, 2.45) is 0 Å². The van der Waals surface area contributed by atoms with E-state index in [1.807, 2.05) is 41.8 Å². The molecule has 0 spiro atoms. The summed E-state index contributed by atoms with van der Waals surface area (Å²) in [6.45, 7) is 0.391. The fourth-order valence-corrected chi connectivity index (χ4v) is 4.77. The van der Waals surface area contributed by atoms with Gasteiger partial charge in [0.2, 0.25) is 5.91 Å². The standard InChI is InChI=1S/C21H19N3O3S2/c1-26-16-7-8-17(27-2)20-19(16)23-21(29-20)24(13-14-5-3-9-22-12-14)18(25)11-15-6-4-10-28-15/h3-10,12H,11,13H2,1-2H3. The molecule has 4 rings (SSSR count). The van der Waals surface area contributed by atoms with Gasteiger partial charge in [-0.05, 0) is 35.2 Å². The number of nitrogens with zero attached hydrogens (tertiary/aromatic N) is 3. The molecule has 6 nitrogen and oxygen atoms in total. The summed E-state index contributed by atoms with van der Waals surface area (Å²) in [4.78, 5) is 24.9. The summed E-state index contributed by atoms with van der Waals surface area (Å²) < 4.78 is 11.8. The van der Waals surface area contributed by atoms with Gasteiger partial charge in [0.05, 0.1) is 27.2 Å². The molecule has 3 heterocycles. The van der Waals surface area contributed by atoms with Crippen LogP contribution in [0.1, 0.15) is 10.4 Å². The molecule has 0 unspecified atom stereocenters. The van der Waals surface area contributed by atoms with Crippen molar-refractivity contribution in [1.82, 2.24) is 9.97 Å². The second kappa shape index (κ2) is 8.59. The van der Waals surface area contributed by atoms with Gasteiger partial charge in [0.1, 0.15) is 21.7 Å². The lowest BCUT2D eigenvalue weighted by molar-refractivity contribution is -0.118. The first-order valence-electron chi connectivity index (χ1n) is 8.92. The number of hydrogen-bond donors (Lipinski definition) is 0. The Bertz CT molecular complexity index is 1070. The third-order valence-corrected chi connectivity index (χ3v) is 6.37. The van der Waals surface area contributed by atoms with Crippen LogP contribution >= 0.6 is 22.7 Å². The van der Waals surface area contributed by atoms with Gasteiger partial charge in [0.25, 0.3) is 0 Å². The largest absolute Gasteiger partial charge is 0.495 e. The van der Waals surface area contributed by atoms with Crippen molar-refractivity contribution in [3.63, 3.8) is 0 Å². The first kappa shape index (κ1) is 19.4. The van der Waals surface area contributed by atoms with Crippen molar-refractivity contribution in [3.8, 4) is 11.5 Å². The summed E-state index contributed by atoms with van der Waals surface area (Å²) in [5.74, 6) is 1.33. The third kappa shape index (κ3) is 4.08. The number of ether oxygens (including phenoxy) is 2. The number of fused-ring (bicyclic) bond motifs is 1. The van der Waals surface area contributed by atoms with Gasteiger partial charge < -0.3 is 9.47 Å². The van der Waals surface area contributed by atoms with Gasteiger partial charge in [-0.15, -0.1) is 11.3 Å². The lowest BCUT2D eigenvalue weighted by Crippen LogP contribution is -2.31. The molecule has 0 atom stereocenters. The number of thiophene rings is 1. The van der Waals surface area contributed by atoms with Crippen LogP contribution in [0.5, 0.6) is 11.5 Å². The minimum Gasteiger partial charge on any atom is -0.495 e. The second-order valence-corrected chi connectivity index (χ2v) is 8.25. The van der Waals surface area contributed by atoms with Crippen molar-refractivity contribution in [2.75, 3.05) is 19.1 Å². The monoisotopic (exact) mass is 425 g/mol. The minimum absolute atomic E-state index is 0.0201. The number of pyridine rings is 1. The Morgan fingerprint density at radius 3 is 2.62 bits per heavy atom. The number of rotatable bonds is 7. The van der Waals surface area contributed by atoms with Crippen LogP contribution in [0.4, 0.5) is 5.13 Å². The number of benzene rings is 1. The quantitative estimate of drug-likeness (QED) is 0.435. The van der Waals surface area contributed by atoms with E-state index in [-0.39, 0.29) is 5.91 Å². The Kier molecular flexibility index (Phi) is 5.73. The number of anilines is 1. The van der Waals surface area contributed by atoms with E-state index in [2.05, 4.69) is 4.98 Å². The van der Waals surface area contributed by atoms with E-state index in [0.29, 0.717) is 35.1 Å². The number of amides is 1. The number of methoxy groups -OCH3 is 2. The normalized spacial score (nSPS) is 10.8. The molecule has 148 valence electrons. The molecular formula is C21H19N3O3S2. The molecular weight excluding hydrogens is 406 g/mol. The van der Waals surface area contributed by atoms with Gasteiger partial charge >= 0.3 is 0 Å². The van der Waals surface area contributed by atoms with Crippen LogP contribution in [0.25, 0.3) is 10.2 Å². The van der Waals surface area contributed by atoms with Crippen molar-refractivity contribution in [3.05, 3.63) is 64.6 Å². The molecule has 0 radical (unpaired) electrons. The van der Waals surface area contributed by atoms with Gasteiger partial charge in [-0.1, -0.05) is 23.5 Å². The van der Waals surface area contributed by atoms with Gasteiger partial charge in [-0.3, -0.25) is 14.7 Å². The lowest BCUT2D eigenvalue weighted by Gasteiger charge is -2.19. The van der Waals surface area contributed by atoms with Crippen LogP contribution in [-0.4, -0.2) is 30.1 Å². The molecule has 29 heavy (non-hydrogen) atoms. The maximum Gasteiger partial charge on any atom is 0.234 e. The number of thiazole rings is 1. The van der Waals surface area contributed by atoms with E-state index in [1.54, 1.807) is 42.8 Å². The molecule has 4 aromatic rings. The Morgan fingerprint density at radius 2 is 1.93 bits per heavy atom. The topological polar surface area (TPSA) is 64.6 Å². The molecule has 0 aliphatic rings. The molecule has 0 bridgehead atoms. The average molecular weight is 426 g/mol. The molecule has 0 saturated heterocycles. The summed E-state index contributed by atoms with van der Waals surface area (Å²) in [6.07, 6.45) is 3.80. The van der Waals surface area contributed by atoms with Crippen molar-refractivity contribution < 1.29 is 14.3 Å². The summed E-state index contributed by atoms with van der Waals surface area (Å²) in [7, 11) is 3.23. The zero-order valence-corrected chi connectivity index (χ0v) is 17.6. The Labute approximate surface area is 176 Å². The van der Waals surface area contributed by atoms with Gasteiger partial charge in [-0.2, -0.15) is 0 Å². The van der Waals surface area contributed by atoms with E-state index in [1.165, 1.54) is 11.3 Å². The summed E-state index contributed by atoms with van der Waals surface area (Å²) >= 11 is 2.99. The fourth-order valence-electron chi connectivity index (χ4n) is 2.98. The molecule has 1 amide bonds. The maximum absolute atomic E-state index is 13.2. The second-order valence-electron chi connectivity index (χ2n) is 6.24. The Hall–Kier alpha value is -2.97. The molecule has 3 aromatic heterocycles. The first-order chi connectivity index (χ1) is 14.2. The highest BCUT2D eigenvalue weighted by Gasteiger charge is 2.23. The van der Waals surface area contributed by atoms with Crippen LogP contribution in [-0.2, 0) is 17.8 Å². The highest BCUT2D eigenvalue weighted by molar-refractivity contribution is 7.22. The summed E-state index contributed by atoms with van der Waals surface area (Å²) in [5.41, 5.74) is 1.62. The van der Waals surface area contributed by atoms with E-state index in [9.17, 15) is 4.79 Å². The summed E-state index contributed by atoms with van der Waals surface area (Å²) in [6, 6.07) is 11.4. The molecule has 0 N–H and O–H groups in total. The zero-order chi connectivity index (χ0) is 20.2. The van der Waals surface area contributed by atoms with Crippen LogP contribution in [0, 0.1) is 0 Å². The van der Waals surface area contributed by atoms with Crippen LogP contribution < -0.4 is 14.4 Å². The van der Waals surface area contributed by atoms with Crippen molar-refractivity contribution >= 4 is 43.9 Å². The van der Waals surface area contributed by atoms with Crippen molar-refractivity contribution in [2.45, 2.75) is 13.0 Å². The molecule has 0 saturated carbocycles. The van der Waals surface area contributed by atoms with Crippen LogP contribution in [0.3, 0.4) is 0 Å². The molecule has 0 aliphatic heterocycles. The van der Waals surface area contributed by atoms with E-state index in [0.717, 1.165) is 15.1 Å². The van der Waals surface area contributed by atoms with Gasteiger partial charge in [0.15, 0.2) is 5.13 Å². The molecule has 0 fully saturated rings. The predicted molar refractivity (Wildman–Crippen MR) is 116 cm³/mol. The SMILES string of the molecule is COc1ccc(OC)c2sc(N(Cc3cccnc3)C(=O)Cc3cccs3)nc12. The third-order valence-electron chi connectivity index (χ3n) is 4.40. The van der Waals surface area contributed by atoms with E-state index < -0.39 is 0 Å². The van der Waals surface area contributed by atoms with Crippen LogP contribution in [0.2, 0.25) is 0 Å². The molecule has 0 aliphatic carbocycles. The van der Waals surface area contributed by atoms with Crippen molar-refractivity contribution in [1.29, 1.82) is 0 Å². The molecule has 8 heteroatoms. The highest BCUT2D eigenvalue weighted by Crippen LogP contribution is 2.40. The Morgan fingerprint density at radius 1 is 1.10 bits per heavy atom. The van der Waals surface area contributed by atoms with Crippen LogP contribution in [0.15, 0.2) is 54.2 Å². The number of aromatic nitrogens is 2. The lowest BCUT2D eigenvalue weighted by atomic mass is 10.2. The predicted octanol–water partition coefficient (Wildman–Crippen LogP) is 4.55. The summed E-state index contributed by atoms with van der Waals surface area (Å²) in [5, 5.41) is 2.58. The fraction of sp³-hybridized carbons (Fsp3) is 0.190. The van der Waals surface area contributed by atoms with E-state index >= 15 is 0 Å². The first-order valence-corrected chi connectivity index (χ1v) is 10.6. The van der Waals surface area contributed by atoms with Gasteiger partial charge in [-0.25, -0.2) is 4.98 Å². The zero-order valence-electron chi connectivity index (χ0n) is 16.0. The van der Waals surface area contributed by atoms with E-state index in [4.69, 9.17) is 14.5 Å². The minimum atomic E-state index is -0.0201. The highest BCUT2D eigenvalue weighted by atomic mass is 32.1. The molecule has 1 aromatic carbocycles.